The molecule has 0 amide bonds. The minimum absolute atomic E-state index is 0.243. The van der Waals surface area contributed by atoms with Gasteiger partial charge in [0.25, 0.3) is 0 Å². The van der Waals surface area contributed by atoms with Gasteiger partial charge < -0.3 is 4.90 Å². The third kappa shape index (κ3) is 3.78. The highest BCUT2D eigenvalue weighted by atomic mass is 16.1. The standard InChI is InChI=1S/C14H21NO/c1-12(16)14(2,3)11-15(4)10-13-8-6-5-7-9-13/h5-9H,10-11H2,1-4H3. The number of carbonyl (C=O) groups is 1. The van der Waals surface area contributed by atoms with Crippen molar-refractivity contribution in [1.29, 1.82) is 0 Å². The molecule has 0 heterocycles. The first-order valence-electron chi connectivity index (χ1n) is 5.65. The Morgan fingerprint density at radius 1 is 1.25 bits per heavy atom. The predicted molar refractivity (Wildman–Crippen MR) is 67.2 cm³/mol. The summed E-state index contributed by atoms with van der Waals surface area (Å²) < 4.78 is 0. The summed E-state index contributed by atoms with van der Waals surface area (Å²) in [5, 5.41) is 0. The summed E-state index contributed by atoms with van der Waals surface area (Å²) in [7, 11) is 2.05. The molecule has 0 aliphatic carbocycles. The predicted octanol–water partition coefficient (Wildman–Crippen LogP) is 2.73. The average molecular weight is 219 g/mol. The van der Waals surface area contributed by atoms with Gasteiger partial charge in [0.1, 0.15) is 5.78 Å². The lowest BCUT2D eigenvalue weighted by Crippen LogP contribution is -2.35. The molecular formula is C14H21NO. The molecular weight excluding hydrogens is 198 g/mol. The van der Waals surface area contributed by atoms with Gasteiger partial charge in [0.15, 0.2) is 0 Å². The third-order valence-corrected chi connectivity index (χ3v) is 2.91. The first-order chi connectivity index (χ1) is 7.42. The molecule has 0 aliphatic rings. The average Bonchev–Trinajstić information content (AvgIpc) is 2.17. The molecule has 1 aromatic carbocycles. The van der Waals surface area contributed by atoms with E-state index in [9.17, 15) is 4.79 Å². The second kappa shape index (κ2) is 5.26. The summed E-state index contributed by atoms with van der Waals surface area (Å²) in [5.41, 5.74) is 1.02. The smallest absolute Gasteiger partial charge is 0.136 e. The van der Waals surface area contributed by atoms with Gasteiger partial charge in [-0.25, -0.2) is 0 Å². The number of hydrogen-bond acceptors (Lipinski definition) is 2. The van der Waals surface area contributed by atoms with Crippen LogP contribution in [0.5, 0.6) is 0 Å². The van der Waals surface area contributed by atoms with Crippen LogP contribution in [-0.2, 0) is 11.3 Å². The van der Waals surface area contributed by atoms with Crippen molar-refractivity contribution in [3.63, 3.8) is 0 Å². The normalized spacial score (nSPS) is 11.8. The van der Waals surface area contributed by atoms with Crippen molar-refractivity contribution >= 4 is 5.78 Å². The van der Waals surface area contributed by atoms with Crippen molar-refractivity contribution in [2.24, 2.45) is 5.41 Å². The molecule has 88 valence electrons. The summed E-state index contributed by atoms with van der Waals surface area (Å²) in [6, 6.07) is 10.3. The Bertz CT molecular complexity index is 343. The molecule has 16 heavy (non-hydrogen) atoms. The summed E-state index contributed by atoms with van der Waals surface area (Å²) in [5.74, 6) is 0.243. The van der Waals surface area contributed by atoms with Crippen LogP contribution in [0.4, 0.5) is 0 Å². The minimum atomic E-state index is -0.260. The highest BCUT2D eigenvalue weighted by Gasteiger charge is 2.25. The van der Waals surface area contributed by atoms with Crippen LogP contribution in [0.2, 0.25) is 0 Å². The zero-order valence-electron chi connectivity index (χ0n) is 10.7. The lowest BCUT2D eigenvalue weighted by Gasteiger charge is -2.28. The molecule has 2 nitrogen and oxygen atoms in total. The van der Waals surface area contributed by atoms with Crippen LogP contribution in [-0.4, -0.2) is 24.3 Å². The van der Waals surface area contributed by atoms with E-state index in [4.69, 9.17) is 0 Å². The van der Waals surface area contributed by atoms with E-state index in [1.54, 1.807) is 6.92 Å². The molecule has 2 heteroatoms. The number of rotatable bonds is 5. The van der Waals surface area contributed by atoms with E-state index in [-0.39, 0.29) is 11.2 Å². The molecule has 0 bridgehead atoms. The van der Waals surface area contributed by atoms with Crippen LogP contribution in [0.3, 0.4) is 0 Å². The SMILES string of the molecule is CC(=O)C(C)(C)CN(C)Cc1ccccc1. The third-order valence-electron chi connectivity index (χ3n) is 2.91. The summed E-state index contributed by atoms with van der Waals surface area (Å²) in [6.07, 6.45) is 0. The largest absolute Gasteiger partial charge is 0.301 e. The molecule has 0 saturated carbocycles. The number of carbonyl (C=O) groups excluding carboxylic acids is 1. The molecule has 0 unspecified atom stereocenters. The number of ketones is 1. The summed E-state index contributed by atoms with van der Waals surface area (Å²) in [4.78, 5) is 13.6. The molecule has 0 aliphatic heterocycles. The van der Waals surface area contributed by atoms with Crippen molar-refractivity contribution in [3.8, 4) is 0 Å². The maximum atomic E-state index is 11.4. The van der Waals surface area contributed by atoms with Gasteiger partial charge in [-0.05, 0) is 19.5 Å². The van der Waals surface area contributed by atoms with E-state index in [0.29, 0.717) is 0 Å². The fourth-order valence-electron chi connectivity index (χ4n) is 1.74. The van der Waals surface area contributed by atoms with E-state index in [1.165, 1.54) is 5.56 Å². The summed E-state index contributed by atoms with van der Waals surface area (Å²) in [6.45, 7) is 7.33. The Labute approximate surface area is 98.3 Å². The number of Topliss-reactive ketones (excluding diaryl/α,β-unsaturated/α-hetero) is 1. The molecule has 1 rings (SSSR count). The Balaban J connectivity index is 2.54. The van der Waals surface area contributed by atoms with Crippen molar-refractivity contribution < 1.29 is 4.79 Å². The van der Waals surface area contributed by atoms with Gasteiger partial charge in [-0.15, -0.1) is 0 Å². The van der Waals surface area contributed by atoms with E-state index in [2.05, 4.69) is 24.1 Å². The highest BCUT2D eigenvalue weighted by Crippen LogP contribution is 2.18. The Hall–Kier alpha value is -1.15. The lowest BCUT2D eigenvalue weighted by atomic mass is 9.88. The minimum Gasteiger partial charge on any atom is -0.301 e. The van der Waals surface area contributed by atoms with Crippen LogP contribution in [0.15, 0.2) is 30.3 Å². The Kier molecular flexibility index (Phi) is 4.25. The molecule has 1 aromatic rings. The molecule has 0 radical (unpaired) electrons. The zero-order chi connectivity index (χ0) is 12.2. The molecule has 0 fully saturated rings. The first-order valence-corrected chi connectivity index (χ1v) is 5.65. The quantitative estimate of drug-likeness (QED) is 0.759. The van der Waals surface area contributed by atoms with Gasteiger partial charge in [0.05, 0.1) is 0 Å². The van der Waals surface area contributed by atoms with E-state index in [0.717, 1.165) is 13.1 Å². The van der Waals surface area contributed by atoms with Crippen LogP contribution in [0.25, 0.3) is 0 Å². The number of benzene rings is 1. The van der Waals surface area contributed by atoms with Gasteiger partial charge >= 0.3 is 0 Å². The van der Waals surface area contributed by atoms with Crippen LogP contribution >= 0.6 is 0 Å². The Morgan fingerprint density at radius 3 is 2.31 bits per heavy atom. The van der Waals surface area contributed by atoms with Gasteiger partial charge in [-0.1, -0.05) is 44.2 Å². The van der Waals surface area contributed by atoms with Crippen molar-refractivity contribution in [2.75, 3.05) is 13.6 Å². The maximum absolute atomic E-state index is 11.4. The van der Waals surface area contributed by atoms with Gasteiger partial charge in [0.2, 0.25) is 0 Å². The highest BCUT2D eigenvalue weighted by molar-refractivity contribution is 5.81. The van der Waals surface area contributed by atoms with Gasteiger partial charge in [0, 0.05) is 18.5 Å². The first kappa shape index (κ1) is 12.9. The molecule has 0 saturated heterocycles. The second-order valence-electron chi connectivity index (χ2n) is 5.10. The lowest BCUT2D eigenvalue weighted by molar-refractivity contribution is -0.125. The second-order valence-corrected chi connectivity index (χ2v) is 5.10. The molecule has 0 spiro atoms. The Morgan fingerprint density at radius 2 is 1.81 bits per heavy atom. The number of hydrogen-bond donors (Lipinski definition) is 0. The van der Waals surface area contributed by atoms with Crippen LogP contribution < -0.4 is 0 Å². The topological polar surface area (TPSA) is 20.3 Å². The fraction of sp³-hybridized carbons (Fsp3) is 0.500. The van der Waals surface area contributed by atoms with Gasteiger partial charge in [-0.2, -0.15) is 0 Å². The van der Waals surface area contributed by atoms with Crippen molar-refractivity contribution in [1.82, 2.24) is 4.90 Å². The van der Waals surface area contributed by atoms with E-state index < -0.39 is 0 Å². The number of nitrogens with zero attached hydrogens (tertiary/aromatic N) is 1. The van der Waals surface area contributed by atoms with Crippen molar-refractivity contribution in [3.05, 3.63) is 35.9 Å². The zero-order valence-corrected chi connectivity index (χ0v) is 10.7. The maximum Gasteiger partial charge on any atom is 0.136 e. The van der Waals surface area contributed by atoms with E-state index >= 15 is 0 Å². The van der Waals surface area contributed by atoms with Crippen molar-refractivity contribution in [2.45, 2.75) is 27.3 Å². The van der Waals surface area contributed by atoms with Crippen LogP contribution in [0.1, 0.15) is 26.3 Å². The summed E-state index contributed by atoms with van der Waals surface area (Å²) >= 11 is 0. The van der Waals surface area contributed by atoms with Gasteiger partial charge in [-0.3, -0.25) is 4.79 Å². The molecule has 0 N–H and O–H groups in total. The fourth-order valence-corrected chi connectivity index (χ4v) is 1.74. The molecule has 0 atom stereocenters. The van der Waals surface area contributed by atoms with Crippen LogP contribution in [0, 0.1) is 5.41 Å². The monoisotopic (exact) mass is 219 g/mol. The van der Waals surface area contributed by atoms with E-state index in [1.807, 2.05) is 32.0 Å². The molecule has 0 aromatic heterocycles.